The lowest BCUT2D eigenvalue weighted by Crippen LogP contribution is -2.44. The number of aryl methyl sites for hydroxylation is 1. The number of carbonyl (C=O) groups excluding carboxylic acids is 3. The number of ether oxygens (including phenoxy) is 1. The molecule has 3 heterocycles. The lowest BCUT2D eigenvalue weighted by atomic mass is 10.1. The van der Waals surface area contributed by atoms with Crippen LogP contribution in [-0.2, 0) is 21.4 Å². The van der Waals surface area contributed by atoms with Gasteiger partial charge in [0.1, 0.15) is 11.6 Å². The Morgan fingerprint density at radius 2 is 1.91 bits per heavy atom. The van der Waals surface area contributed by atoms with Crippen LogP contribution in [0.2, 0.25) is 0 Å². The monoisotopic (exact) mass is 457 g/mol. The Morgan fingerprint density at radius 3 is 2.58 bits per heavy atom. The quantitative estimate of drug-likeness (QED) is 0.704. The molecule has 0 radical (unpaired) electrons. The van der Waals surface area contributed by atoms with Crippen molar-refractivity contribution in [3.05, 3.63) is 28.7 Å². The lowest BCUT2D eigenvalue weighted by Gasteiger charge is -2.28. The number of fused-ring (bicyclic) bond motifs is 1. The van der Waals surface area contributed by atoms with E-state index in [1.807, 2.05) is 46.0 Å². The van der Waals surface area contributed by atoms with Crippen molar-refractivity contribution in [1.82, 2.24) is 19.4 Å². The van der Waals surface area contributed by atoms with E-state index in [0.29, 0.717) is 24.1 Å². The van der Waals surface area contributed by atoms with Crippen LogP contribution >= 0.6 is 0 Å². The molecular weight excluding hydrogens is 426 g/mol. The van der Waals surface area contributed by atoms with Crippen LogP contribution in [0.1, 0.15) is 46.1 Å². The number of piperidine rings is 1. The second kappa shape index (κ2) is 8.24. The molecule has 2 aliphatic rings. The van der Waals surface area contributed by atoms with Crippen LogP contribution < -0.4 is 15.9 Å². The summed E-state index contributed by atoms with van der Waals surface area (Å²) in [6.45, 7) is 6.65. The van der Waals surface area contributed by atoms with Crippen molar-refractivity contribution in [3.63, 3.8) is 0 Å². The van der Waals surface area contributed by atoms with E-state index in [1.54, 1.807) is 16.5 Å². The van der Waals surface area contributed by atoms with Crippen molar-refractivity contribution in [2.45, 2.75) is 57.7 Å². The number of imide groups is 1. The first-order chi connectivity index (χ1) is 15.5. The molecule has 2 saturated heterocycles. The van der Waals surface area contributed by atoms with Gasteiger partial charge in [-0.3, -0.25) is 24.0 Å². The molecule has 1 aromatic heterocycles. The molecule has 0 saturated carbocycles. The number of aromatic nitrogens is 2. The SMILES string of the molecule is CN(c1cccc2c1n(C)c(=O)n2C1CCC(=O)NC1=O)C1CCN(C(=O)OC(C)(C)C)C1. The molecule has 33 heavy (non-hydrogen) atoms. The van der Waals surface area contributed by atoms with Gasteiger partial charge in [-0.05, 0) is 45.7 Å². The van der Waals surface area contributed by atoms with Crippen LogP contribution in [0.4, 0.5) is 10.5 Å². The Bertz CT molecular complexity index is 1170. The molecule has 0 spiro atoms. The van der Waals surface area contributed by atoms with Crippen molar-refractivity contribution in [3.8, 4) is 0 Å². The predicted molar refractivity (Wildman–Crippen MR) is 123 cm³/mol. The maximum Gasteiger partial charge on any atom is 0.410 e. The minimum atomic E-state index is -0.728. The number of hydrogen-bond donors (Lipinski definition) is 1. The Morgan fingerprint density at radius 1 is 1.18 bits per heavy atom. The van der Waals surface area contributed by atoms with E-state index < -0.39 is 17.6 Å². The van der Waals surface area contributed by atoms with E-state index >= 15 is 0 Å². The number of likely N-dealkylation sites (N-methyl/N-ethyl adjacent to an activating group) is 1. The van der Waals surface area contributed by atoms with Crippen molar-refractivity contribution < 1.29 is 19.1 Å². The summed E-state index contributed by atoms with van der Waals surface area (Å²) in [5.74, 6) is -0.774. The number of para-hydroxylation sites is 1. The Hall–Kier alpha value is -3.30. The summed E-state index contributed by atoms with van der Waals surface area (Å²) in [5, 5.41) is 2.34. The van der Waals surface area contributed by atoms with Gasteiger partial charge in [0.15, 0.2) is 0 Å². The third-order valence-electron chi connectivity index (χ3n) is 6.35. The highest BCUT2D eigenvalue weighted by Gasteiger charge is 2.34. The van der Waals surface area contributed by atoms with Gasteiger partial charge in [0.05, 0.1) is 16.7 Å². The highest BCUT2D eigenvalue weighted by molar-refractivity contribution is 6.00. The van der Waals surface area contributed by atoms with E-state index in [4.69, 9.17) is 4.74 Å². The average molecular weight is 458 g/mol. The van der Waals surface area contributed by atoms with Crippen LogP contribution in [-0.4, -0.2) is 63.7 Å². The zero-order valence-corrected chi connectivity index (χ0v) is 19.8. The number of rotatable bonds is 3. The van der Waals surface area contributed by atoms with Crippen LogP contribution in [0, 0.1) is 0 Å². The molecular formula is C23H31N5O5. The van der Waals surface area contributed by atoms with Crippen molar-refractivity contribution >= 4 is 34.6 Å². The number of benzene rings is 1. The maximum absolute atomic E-state index is 13.2. The molecule has 0 bridgehead atoms. The molecule has 1 aromatic carbocycles. The molecule has 10 nitrogen and oxygen atoms in total. The number of nitrogens with one attached hydrogen (secondary N) is 1. The van der Waals surface area contributed by atoms with Gasteiger partial charge >= 0.3 is 11.8 Å². The third-order valence-corrected chi connectivity index (χ3v) is 6.35. The van der Waals surface area contributed by atoms with Crippen molar-refractivity contribution in [1.29, 1.82) is 0 Å². The minimum Gasteiger partial charge on any atom is -0.444 e. The zero-order chi connectivity index (χ0) is 24.1. The second-order valence-corrected chi connectivity index (χ2v) is 9.80. The predicted octanol–water partition coefficient (Wildman–Crippen LogP) is 1.76. The standard InChI is InChI=1S/C23H31N5O5/c1-23(2,3)33-22(32)27-12-11-14(13-27)25(4)15-7-6-8-16-19(15)26(5)21(31)28(16)17-9-10-18(29)24-20(17)30/h6-8,14,17H,9-13H2,1-5H3,(H,24,29,30). The summed E-state index contributed by atoms with van der Waals surface area (Å²) in [6.07, 6.45) is 0.931. The Balaban J connectivity index is 1.64. The van der Waals surface area contributed by atoms with Gasteiger partial charge in [0.2, 0.25) is 11.8 Å². The molecule has 2 fully saturated rings. The minimum absolute atomic E-state index is 0.0529. The van der Waals surface area contributed by atoms with Gasteiger partial charge in [-0.1, -0.05) is 6.07 Å². The summed E-state index contributed by atoms with van der Waals surface area (Å²) < 4.78 is 8.54. The Kier molecular flexibility index (Phi) is 5.71. The van der Waals surface area contributed by atoms with Gasteiger partial charge < -0.3 is 14.5 Å². The first kappa shape index (κ1) is 22.9. The first-order valence-electron chi connectivity index (χ1n) is 11.2. The molecule has 1 N–H and O–H groups in total. The number of amides is 3. The molecule has 2 unspecified atom stereocenters. The summed E-state index contributed by atoms with van der Waals surface area (Å²) in [7, 11) is 3.64. The smallest absolute Gasteiger partial charge is 0.410 e. The van der Waals surface area contributed by atoms with Gasteiger partial charge in [-0.2, -0.15) is 0 Å². The topological polar surface area (TPSA) is 106 Å². The molecule has 0 aliphatic carbocycles. The number of carbonyl (C=O) groups is 3. The summed E-state index contributed by atoms with van der Waals surface area (Å²) >= 11 is 0. The van der Waals surface area contributed by atoms with E-state index in [9.17, 15) is 19.2 Å². The maximum atomic E-state index is 13.2. The number of nitrogens with zero attached hydrogens (tertiary/aromatic N) is 4. The number of likely N-dealkylation sites (tertiary alicyclic amines) is 1. The summed E-state index contributed by atoms with van der Waals surface area (Å²) in [5.41, 5.74) is 1.34. The van der Waals surface area contributed by atoms with Crippen LogP contribution in [0.3, 0.4) is 0 Å². The first-order valence-corrected chi connectivity index (χ1v) is 11.2. The molecule has 178 valence electrons. The molecule has 2 atom stereocenters. The van der Waals surface area contributed by atoms with E-state index in [2.05, 4.69) is 10.2 Å². The number of hydrogen-bond acceptors (Lipinski definition) is 6. The molecule has 2 aromatic rings. The molecule has 4 rings (SSSR count). The van der Waals surface area contributed by atoms with Crippen molar-refractivity contribution in [2.24, 2.45) is 7.05 Å². The van der Waals surface area contributed by atoms with E-state index in [0.717, 1.165) is 12.1 Å². The lowest BCUT2D eigenvalue weighted by molar-refractivity contribution is -0.135. The van der Waals surface area contributed by atoms with Crippen molar-refractivity contribution in [2.75, 3.05) is 25.0 Å². The fourth-order valence-electron chi connectivity index (χ4n) is 4.68. The van der Waals surface area contributed by atoms with Gasteiger partial charge in [-0.25, -0.2) is 9.59 Å². The second-order valence-electron chi connectivity index (χ2n) is 9.80. The number of anilines is 1. The Labute approximate surface area is 192 Å². The van der Waals surface area contributed by atoms with Gasteiger partial charge in [-0.15, -0.1) is 0 Å². The number of imidazole rings is 1. The highest BCUT2D eigenvalue weighted by atomic mass is 16.6. The van der Waals surface area contributed by atoms with E-state index in [-0.39, 0.29) is 36.6 Å². The molecule has 3 amide bonds. The van der Waals surface area contributed by atoms with Crippen LogP contribution in [0.5, 0.6) is 0 Å². The highest BCUT2D eigenvalue weighted by Crippen LogP contribution is 2.31. The van der Waals surface area contributed by atoms with Gasteiger partial charge in [0, 0.05) is 39.6 Å². The van der Waals surface area contributed by atoms with Crippen LogP contribution in [0.25, 0.3) is 11.0 Å². The summed E-state index contributed by atoms with van der Waals surface area (Å²) in [6, 6.07) is 4.94. The van der Waals surface area contributed by atoms with E-state index in [1.165, 1.54) is 4.57 Å². The molecule has 2 aliphatic heterocycles. The van der Waals surface area contributed by atoms with Crippen LogP contribution in [0.15, 0.2) is 23.0 Å². The molecule has 10 heteroatoms. The zero-order valence-electron chi connectivity index (χ0n) is 19.8. The summed E-state index contributed by atoms with van der Waals surface area (Å²) in [4.78, 5) is 53.5. The third kappa shape index (κ3) is 4.21. The normalized spacial score (nSPS) is 21.4. The largest absolute Gasteiger partial charge is 0.444 e. The average Bonchev–Trinajstić information content (AvgIpc) is 3.31. The fraction of sp³-hybridized carbons (Fsp3) is 0.565. The van der Waals surface area contributed by atoms with Gasteiger partial charge in [0.25, 0.3) is 0 Å². The fourth-order valence-corrected chi connectivity index (χ4v) is 4.68.